The van der Waals surface area contributed by atoms with Gasteiger partial charge in [0, 0.05) is 11.6 Å². The van der Waals surface area contributed by atoms with Crippen LogP contribution in [0.1, 0.15) is 0 Å². The molecule has 0 unspecified atom stereocenters. The van der Waals surface area contributed by atoms with Crippen LogP contribution in [-0.4, -0.2) is 15.1 Å². The number of hydrogen-bond acceptors (Lipinski definition) is 3. The molecular weight excluding hydrogens is 281 g/mol. The monoisotopic (exact) mass is 285 g/mol. The minimum atomic E-state index is -0.865. The summed E-state index contributed by atoms with van der Waals surface area (Å²) in [6, 6.07) is 3.70. The zero-order valence-corrected chi connectivity index (χ0v) is 9.36. The average Bonchev–Trinajstić information content (AvgIpc) is 2.63. The van der Waals surface area contributed by atoms with Gasteiger partial charge in [0.15, 0.2) is 0 Å². The highest BCUT2D eigenvalue weighted by Crippen LogP contribution is 2.29. The number of aromatic amines is 1. The molecular formula is C9H5BrFN3O2. The molecule has 2 aromatic rings. The minimum absolute atomic E-state index is 0.517. The van der Waals surface area contributed by atoms with Crippen LogP contribution in [0.15, 0.2) is 29.0 Å². The molecule has 1 N–H and O–H groups in total. The zero-order chi connectivity index (χ0) is 11.7. The van der Waals surface area contributed by atoms with E-state index in [-0.39, 0.29) is 0 Å². The molecule has 2 rings (SSSR count). The van der Waals surface area contributed by atoms with Crippen molar-refractivity contribution in [1.29, 1.82) is 0 Å². The van der Waals surface area contributed by atoms with Crippen molar-refractivity contribution in [2.75, 3.05) is 0 Å². The number of nitrogens with one attached hydrogen (secondary N) is 1. The van der Waals surface area contributed by atoms with Crippen LogP contribution >= 0.6 is 15.9 Å². The van der Waals surface area contributed by atoms with Crippen LogP contribution in [0.4, 0.5) is 10.1 Å². The summed E-state index contributed by atoms with van der Waals surface area (Å²) in [5.74, 6) is -0.865. The second-order valence-corrected chi connectivity index (χ2v) is 3.81. The number of benzene rings is 1. The highest BCUT2D eigenvalue weighted by atomic mass is 79.9. The molecule has 5 nitrogen and oxygen atoms in total. The van der Waals surface area contributed by atoms with Crippen LogP contribution in [0, 0.1) is 15.9 Å². The van der Waals surface area contributed by atoms with Gasteiger partial charge in [0.2, 0.25) is 5.82 Å². The lowest BCUT2D eigenvalue weighted by Crippen LogP contribution is -1.92. The molecule has 7 heteroatoms. The van der Waals surface area contributed by atoms with E-state index in [1.165, 1.54) is 12.3 Å². The summed E-state index contributed by atoms with van der Waals surface area (Å²) in [5.41, 5.74) is 0.626. The molecule has 0 atom stereocenters. The first-order chi connectivity index (χ1) is 7.59. The van der Waals surface area contributed by atoms with Gasteiger partial charge in [0.05, 0.1) is 11.1 Å². The highest BCUT2D eigenvalue weighted by molar-refractivity contribution is 9.10. The van der Waals surface area contributed by atoms with E-state index in [1.54, 1.807) is 0 Å². The maximum absolute atomic E-state index is 13.3. The molecule has 0 aliphatic heterocycles. The van der Waals surface area contributed by atoms with Crippen molar-refractivity contribution >= 4 is 21.6 Å². The summed E-state index contributed by atoms with van der Waals surface area (Å²) in [6.07, 6.45) is 1.50. The van der Waals surface area contributed by atoms with Crippen molar-refractivity contribution in [2.45, 2.75) is 0 Å². The molecule has 0 aliphatic carbocycles. The van der Waals surface area contributed by atoms with Gasteiger partial charge in [-0.15, -0.1) is 0 Å². The first-order valence-electron chi connectivity index (χ1n) is 4.23. The number of hydrogen-bond donors (Lipinski definition) is 1. The molecule has 16 heavy (non-hydrogen) atoms. The van der Waals surface area contributed by atoms with Gasteiger partial charge < -0.3 is 0 Å². The Balaban J connectivity index is 2.50. The second-order valence-electron chi connectivity index (χ2n) is 3.02. The molecule has 1 aromatic heterocycles. The van der Waals surface area contributed by atoms with Gasteiger partial charge in [0.25, 0.3) is 0 Å². The minimum Gasteiger partial charge on any atom is -0.271 e. The third-order valence-corrected chi connectivity index (χ3v) is 2.65. The van der Waals surface area contributed by atoms with Crippen LogP contribution in [-0.2, 0) is 0 Å². The van der Waals surface area contributed by atoms with Crippen LogP contribution in [0.5, 0.6) is 0 Å². The molecule has 1 aromatic carbocycles. The Bertz CT molecular complexity index is 555. The third kappa shape index (κ3) is 1.81. The molecule has 0 radical (unpaired) electrons. The maximum Gasteiger partial charge on any atom is 0.304 e. The summed E-state index contributed by atoms with van der Waals surface area (Å²) in [5, 5.41) is 16.8. The number of rotatable bonds is 2. The van der Waals surface area contributed by atoms with Crippen LogP contribution in [0.2, 0.25) is 0 Å². The fourth-order valence-corrected chi connectivity index (χ4v) is 1.73. The van der Waals surface area contributed by atoms with E-state index in [1.807, 2.05) is 0 Å². The molecule has 0 saturated carbocycles. The number of H-pyrrole nitrogens is 1. The Labute approximate surface area is 97.6 Å². The van der Waals surface area contributed by atoms with E-state index in [2.05, 4.69) is 26.1 Å². The standard InChI is InChI=1S/C9H5BrFN3O2/c10-9-6(4-12-13-9)5-1-2-8(14(15)16)7(11)3-5/h1-4H,(H,12,13). The van der Waals surface area contributed by atoms with Gasteiger partial charge in [-0.05, 0) is 33.6 Å². The lowest BCUT2D eigenvalue weighted by atomic mass is 10.1. The van der Waals surface area contributed by atoms with Crippen molar-refractivity contribution in [2.24, 2.45) is 0 Å². The molecule has 0 amide bonds. The van der Waals surface area contributed by atoms with Crippen molar-refractivity contribution in [3.05, 3.63) is 44.9 Å². The third-order valence-electron chi connectivity index (χ3n) is 2.05. The Morgan fingerprint density at radius 3 is 2.75 bits per heavy atom. The van der Waals surface area contributed by atoms with Gasteiger partial charge in [0.1, 0.15) is 4.60 Å². The summed E-state index contributed by atoms with van der Waals surface area (Å²) < 4.78 is 13.9. The Kier molecular flexibility index (Phi) is 2.69. The first kappa shape index (κ1) is 10.7. The van der Waals surface area contributed by atoms with E-state index in [0.29, 0.717) is 15.7 Å². The second kappa shape index (κ2) is 4.01. The van der Waals surface area contributed by atoms with Crippen molar-refractivity contribution in [3.8, 4) is 11.1 Å². The molecule has 0 bridgehead atoms. The zero-order valence-electron chi connectivity index (χ0n) is 7.78. The molecule has 0 fully saturated rings. The maximum atomic E-state index is 13.3. The van der Waals surface area contributed by atoms with E-state index in [4.69, 9.17) is 0 Å². The predicted octanol–water partition coefficient (Wildman–Crippen LogP) is 2.89. The number of aromatic nitrogens is 2. The largest absolute Gasteiger partial charge is 0.304 e. The summed E-state index contributed by atoms with van der Waals surface area (Å²) in [7, 11) is 0. The molecule has 0 spiro atoms. The fourth-order valence-electron chi connectivity index (χ4n) is 1.29. The Morgan fingerprint density at radius 1 is 1.50 bits per heavy atom. The average molecular weight is 286 g/mol. The lowest BCUT2D eigenvalue weighted by molar-refractivity contribution is -0.387. The van der Waals surface area contributed by atoms with Gasteiger partial charge in [-0.25, -0.2) is 0 Å². The SMILES string of the molecule is O=[N+]([O-])c1ccc(-c2cn[nH]c2Br)cc1F. The molecule has 0 saturated heterocycles. The van der Waals surface area contributed by atoms with Gasteiger partial charge >= 0.3 is 5.69 Å². The van der Waals surface area contributed by atoms with E-state index < -0.39 is 16.4 Å². The number of nitrogens with zero attached hydrogens (tertiary/aromatic N) is 2. The molecule has 0 aliphatic rings. The van der Waals surface area contributed by atoms with Crippen molar-refractivity contribution in [1.82, 2.24) is 10.2 Å². The van der Waals surface area contributed by atoms with Crippen LogP contribution in [0.3, 0.4) is 0 Å². The van der Waals surface area contributed by atoms with Gasteiger partial charge in [-0.1, -0.05) is 0 Å². The topological polar surface area (TPSA) is 71.8 Å². The van der Waals surface area contributed by atoms with E-state index >= 15 is 0 Å². The fraction of sp³-hybridized carbons (Fsp3) is 0. The number of nitro benzene ring substituents is 1. The highest BCUT2D eigenvalue weighted by Gasteiger charge is 2.15. The van der Waals surface area contributed by atoms with Gasteiger partial charge in [-0.2, -0.15) is 9.49 Å². The normalized spacial score (nSPS) is 10.4. The van der Waals surface area contributed by atoms with E-state index in [9.17, 15) is 14.5 Å². The first-order valence-corrected chi connectivity index (χ1v) is 5.02. The quantitative estimate of drug-likeness (QED) is 0.681. The smallest absolute Gasteiger partial charge is 0.271 e. The van der Waals surface area contributed by atoms with Crippen LogP contribution in [0.25, 0.3) is 11.1 Å². The summed E-state index contributed by atoms with van der Waals surface area (Å²) in [4.78, 5) is 9.66. The van der Waals surface area contributed by atoms with Gasteiger partial charge in [-0.3, -0.25) is 15.2 Å². The lowest BCUT2D eigenvalue weighted by Gasteiger charge is -1.99. The number of nitro groups is 1. The Morgan fingerprint density at radius 2 is 2.25 bits per heavy atom. The summed E-state index contributed by atoms with van der Waals surface area (Å²) >= 11 is 3.20. The predicted molar refractivity (Wildman–Crippen MR) is 58.3 cm³/mol. The molecule has 82 valence electrons. The van der Waals surface area contributed by atoms with Crippen molar-refractivity contribution < 1.29 is 9.31 Å². The van der Waals surface area contributed by atoms with E-state index in [0.717, 1.165) is 12.1 Å². The van der Waals surface area contributed by atoms with Crippen LogP contribution < -0.4 is 0 Å². The number of halogens is 2. The summed E-state index contributed by atoms with van der Waals surface area (Å²) in [6.45, 7) is 0. The van der Waals surface area contributed by atoms with Crippen molar-refractivity contribution in [3.63, 3.8) is 0 Å². The Hall–Kier alpha value is -1.76. The molecule has 1 heterocycles.